The van der Waals surface area contributed by atoms with E-state index in [0.29, 0.717) is 0 Å². The Morgan fingerprint density at radius 1 is 1.00 bits per heavy atom. The number of hydrogen-bond donors (Lipinski definition) is 0. The second-order valence-corrected chi connectivity index (χ2v) is 0. The van der Waals surface area contributed by atoms with E-state index >= 15 is 0 Å². The molecule has 1 unspecified atom stereocenters. The molecular formula is H9AgAsBiCdCuSbZn. The molecule has 0 bridgehead atoms. The molecular weight excluding hydrogens is 755 g/mol. The predicted octanol–water partition coefficient (Wildman–Crippen LogP) is -3.56. The summed E-state index contributed by atoms with van der Waals surface area (Å²) in [6.07, 6.45) is 0. The summed E-state index contributed by atoms with van der Waals surface area (Å²) in [5, 5.41) is 0. The molecule has 0 heterocycles. The minimum Gasteiger partial charge on any atom is 0 e. The molecule has 0 aromatic rings. The van der Waals surface area contributed by atoms with Crippen LogP contribution in [0.15, 0.2) is 0 Å². The molecule has 7 heavy (non-hydrogen) atoms. The van der Waals surface area contributed by atoms with Crippen LogP contribution in [0.4, 0.5) is 0 Å². The fourth-order valence-electron chi connectivity index (χ4n) is 0. The van der Waals surface area contributed by atoms with Crippen LogP contribution in [0.3, 0.4) is 0 Å². The molecule has 0 spiro atoms. The van der Waals surface area contributed by atoms with Gasteiger partial charge in [-0.25, -0.2) is 0 Å². The number of rotatable bonds is 0. The van der Waals surface area contributed by atoms with Crippen molar-refractivity contribution in [2.45, 2.75) is 0 Å². The van der Waals surface area contributed by atoms with Crippen LogP contribution in [0.5, 0.6) is 0 Å². The summed E-state index contributed by atoms with van der Waals surface area (Å²) in [7, 11) is 0. The zero-order valence-electron chi connectivity index (χ0n) is 4.14. The van der Waals surface area contributed by atoms with Gasteiger partial charge in [0.05, 0.1) is 0 Å². The van der Waals surface area contributed by atoms with E-state index in [9.17, 15) is 0 Å². The van der Waals surface area contributed by atoms with Gasteiger partial charge in [0.1, 0.15) is 0 Å². The largest absolute Gasteiger partial charge is 0 e. The summed E-state index contributed by atoms with van der Waals surface area (Å²) in [5.74, 6) is 0. The maximum atomic E-state index is 0. The molecule has 0 aromatic heterocycles. The zero-order valence-corrected chi connectivity index (χ0v) is 26.1. The van der Waals surface area contributed by atoms with Gasteiger partial charge in [0.15, 0.2) is 0 Å². The molecule has 0 amide bonds. The molecule has 0 saturated heterocycles. The third-order valence-electron chi connectivity index (χ3n) is 0. The van der Waals surface area contributed by atoms with Crippen LogP contribution in [-0.4, -0.2) is 68.6 Å². The second-order valence-electron chi connectivity index (χ2n) is 0. The van der Waals surface area contributed by atoms with Crippen molar-refractivity contribution in [1.29, 1.82) is 0 Å². The van der Waals surface area contributed by atoms with Gasteiger partial charge < -0.3 is 0 Å². The Morgan fingerprint density at radius 3 is 1.00 bits per heavy atom. The molecule has 50 valence electrons. The molecule has 0 rings (SSSR count). The van der Waals surface area contributed by atoms with Crippen molar-refractivity contribution in [2.75, 3.05) is 0 Å². The standard InChI is InChI=1S/Ag.AsH3.Bi.Cd.Cu.Sb.Zn.6H/h;1H3;;;;;;;;;;;. The first-order valence-electron chi connectivity index (χ1n) is 0. The molecule has 0 saturated carbocycles. The van der Waals surface area contributed by atoms with E-state index in [1.54, 1.807) is 0 Å². The van der Waals surface area contributed by atoms with Crippen molar-refractivity contribution in [3.8, 4) is 0 Å². The minimum atomic E-state index is 0. The molecule has 0 aliphatic heterocycles. The van der Waals surface area contributed by atoms with Gasteiger partial charge in [0, 0.05) is 86.2 Å². The summed E-state index contributed by atoms with van der Waals surface area (Å²) in [6, 6.07) is 0. The van der Waals surface area contributed by atoms with E-state index in [2.05, 4.69) is 0 Å². The first kappa shape index (κ1) is 57.6. The van der Waals surface area contributed by atoms with Gasteiger partial charge in [-0.3, -0.25) is 0 Å². The van der Waals surface area contributed by atoms with Gasteiger partial charge in [-0.05, 0) is 0 Å². The van der Waals surface area contributed by atoms with Gasteiger partial charge in [0.2, 0.25) is 0 Å². The van der Waals surface area contributed by atoms with Crippen molar-refractivity contribution in [1.82, 2.24) is 0 Å². The quantitative estimate of drug-likeness (QED) is 0.225. The third-order valence-corrected chi connectivity index (χ3v) is 0. The fraction of sp³-hybridized carbons (Fsp3) is 0. The van der Waals surface area contributed by atoms with Gasteiger partial charge in [-0.1, -0.05) is 0 Å². The normalized spacial score (nSPS) is 0. The minimum absolute atomic E-state index is 0. The van der Waals surface area contributed by atoms with Crippen LogP contribution in [0, 0.1) is 0 Å². The van der Waals surface area contributed by atoms with Gasteiger partial charge in [-0.2, -0.15) is 0 Å². The van der Waals surface area contributed by atoms with Crippen molar-refractivity contribution in [3.05, 3.63) is 0 Å². The van der Waals surface area contributed by atoms with Crippen molar-refractivity contribution < 1.29 is 86.2 Å². The molecule has 0 nitrogen and oxygen atoms in total. The van der Waals surface area contributed by atoms with Gasteiger partial charge in [-0.15, -0.1) is 0 Å². The molecule has 2 radical (unpaired) electrons. The van der Waals surface area contributed by atoms with Crippen molar-refractivity contribution in [3.63, 3.8) is 0 Å². The summed E-state index contributed by atoms with van der Waals surface area (Å²) in [6.45, 7) is 0. The molecule has 0 N–H and O–H groups in total. The Balaban J connectivity index is 0. The van der Waals surface area contributed by atoms with E-state index in [4.69, 9.17) is 0 Å². The maximum Gasteiger partial charge on any atom is 0 e. The Bertz CT molecular complexity index is 19.7. The van der Waals surface area contributed by atoms with E-state index in [1.807, 2.05) is 0 Å². The summed E-state index contributed by atoms with van der Waals surface area (Å²) < 4.78 is 0. The second kappa shape index (κ2) is 43.7. The number of hydrogen-bond acceptors (Lipinski definition) is 0. The SMILES string of the molecule is [Ag].[AsH3].[BiH3].[Cd].[Cu].[SbH3].[Zn]. The molecule has 7 heteroatoms. The topological polar surface area (TPSA) is 0 Å². The molecule has 0 aromatic carbocycles. The van der Waals surface area contributed by atoms with Crippen LogP contribution in [0.1, 0.15) is 0 Å². The Kier molecular flexibility index (Phi) is 359. The first-order valence-corrected chi connectivity index (χ1v) is 0. The molecule has 0 aliphatic rings. The maximum absolute atomic E-state index is 0. The monoisotopic (exact) mass is 762 g/mol. The van der Waals surface area contributed by atoms with Crippen LogP contribution < -0.4 is 0 Å². The Morgan fingerprint density at radius 2 is 1.00 bits per heavy atom. The first-order chi connectivity index (χ1) is 0. The summed E-state index contributed by atoms with van der Waals surface area (Å²) in [5.41, 5.74) is 0. The van der Waals surface area contributed by atoms with Crippen LogP contribution in [0.25, 0.3) is 0 Å². The average Bonchev–Trinajstić information content (AvgIpc) is 0. The van der Waals surface area contributed by atoms with E-state index in [1.165, 1.54) is 0 Å². The average molecular weight is 764 g/mol. The van der Waals surface area contributed by atoms with E-state index in [0.717, 1.165) is 0 Å². The summed E-state index contributed by atoms with van der Waals surface area (Å²) >= 11 is 0. The molecule has 0 aliphatic carbocycles. The van der Waals surface area contributed by atoms with Gasteiger partial charge >= 0.3 is 68.6 Å². The zero-order chi connectivity index (χ0) is 0. The molecule has 0 fully saturated rings. The van der Waals surface area contributed by atoms with E-state index < -0.39 is 0 Å². The van der Waals surface area contributed by atoms with Crippen LogP contribution in [0.2, 0.25) is 0 Å². The van der Waals surface area contributed by atoms with Crippen LogP contribution in [-0.2, 0) is 86.2 Å². The summed E-state index contributed by atoms with van der Waals surface area (Å²) in [4.78, 5) is 0. The fourth-order valence-corrected chi connectivity index (χ4v) is 0. The van der Waals surface area contributed by atoms with E-state index in [-0.39, 0.29) is 155 Å². The smallest absolute Gasteiger partial charge is 0 e. The molecule has 1 atom stereocenters. The predicted molar refractivity (Wildman–Crippen MR) is 29.8 cm³/mol. The van der Waals surface area contributed by atoms with Gasteiger partial charge in [0.25, 0.3) is 0 Å². The van der Waals surface area contributed by atoms with Crippen molar-refractivity contribution >= 4 is 68.6 Å². The van der Waals surface area contributed by atoms with Crippen LogP contribution >= 0.6 is 0 Å². The third kappa shape index (κ3) is 35.4. The Hall–Kier alpha value is 5.06. The van der Waals surface area contributed by atoms with Crippen molar-refractivity contribution in [2.24, 2.45) is 0 Å². The Labute approximate surface area is 151 Å².